The molecule has 0 saturated carbocycles. The van der Waals surface area contributed by atoms with E-state index in [0.717, 1.165) is 34.0 Å². The molecule has 29 heavy (non-hydrogen) atoms. The van der Waals surface area contributed by atoms with Crippen molar-refractivity contribution in [3.8, 4) is 11.3 Å². The van der Waals surface area contributed by atoms with Crippen molar-refractivity contribution in [3.05, 3.63) is 106 Å². The monoisotopic (exact) mass is 417 g/mol. The second kappa shape index (κ2) is 7.51. The number of imidazole rings is 1. The SMILES string of the molecule is Clc1ccc(C2=Nc3nc(-c4ccccc4)cn3[C@@H](c3ccc(Cl)cc3)C2)cc1. The Kier molecular flexibility index (Phi) is 4.70. The third-order valence-corrected chi connectivity index (χ3v) is 5.68. The topological polar surface area (TPSA) is 30.2 Å². The molecule has 0 spiro atoms. The van der Waals surface area contributed by atoms with Crippen LogP contribution in [0.15, 0.2) is 90.1 Å². The Bertz CT molecular complexity index is 1180. The van der Waals surface area contributed by atoms with Crippen molar-refractivity contribution in [1.82, 2.24) is 9.55 Å². The molecule has 0 radical (unpaired) electrons. The number of hydrogen-bond donors (Lipinski definition) is 0. The van der Waals surface area contributed by atoms with Crippen LogP contribution in [-0.4, -0.2) is 15.3 Å². The highest BCUT2D eigenvalue weighted by Crippen LogP contribution is 2.36. The zero-order chi connectivity index (χ0) is 19.8. The molecule has 0 unspecified atom stereocenters. The molecule has 0 bridgehead atoms. The zero-order valence-corrected chi connectivity index (χ0v) is 17.0. The molecule has 142 valence electrons. The van der Waals surface area contributed by atoms with Crippen molar-refractivity contribution < 1.29 is 0 Å². The zero-order valence-electron chi connectivity index (χ0n) is 15.5. The van der Waals surface area contributed by atoms with Crippen molar-refractivity contribution in [2.24, 2.45) is 4.99 Å². The Labute approximate surface area is 179 Å². The fraction of sp³-hybridized carbons (Fsp3) is 0.0833. The van der Waals surface area contributed by atoms with Crippen LogP contribution in [0.25, 0.3) is 11.3 Å². The molecule has 5 rings (SSSR count). The second-order valence-corrected chi connectivity index (χ2v) is 7.91. The van der Waals surface area contributed by atoms with E-state index in [9.17, 15) is 0 Å². The van der Waals surface area contributed by atoms with Crippen molar-refractivity contribution in [2.45, 2.75) is 12.5 Å². The fourth-order valence-electron chi connectivity index (χ4n) is 3.68. The minimum Gasteiger partial charge on any atom is -0.307 e. The van der Waals surface area contributed by atoms with Gasteiger partial charge in [-0.1, -0.05) is 77.8 Å². The summed E-state index contributed by atoms with van der Waals surface area (Å²) >= 11 is 12.2. The molecule has 1 aromatic heterocycles. The molecule has 1 aliphatic heterocycles. The average molecular weight is 418 g/mol. The molecule has 4 aromatic rings. The van der Waals surface area contributed by atoms with Gasteiger partial charge in [-0.2, -0.15) is 0 Å². The summed E-state index contributed by atoms with van der Waals surface area (Å²) in [7, 11) is 0. The van der Waals surface area contributed by atoms with Gasteiger partial charge >= 0.3 is 0 Å². The summed E-state index contributed by atoms with van der Waals surface area (Å²) < 4.78 is 2.16. The molecular formula is C24H17Cl2N3. The molecule has 0 aliphatic carbocycles. The molecule has 0 N–H and O–H groups in total. The predicted octanol–water partition coefficient (Wildman–Crippen LogP) is 6.97. The fourth-order valence-corrected chi connectivity index (χ4v) is 3.93. The van der Waals surface area contributed by atoms with Gasteiger partial charge in [-0.3, -0.25) is 0 Å². The largest absolute Gasteiger partial charge is 0.307 e. The number of fused-ring (bicyclic) bond motifs is 1. The van der Waals surface area contributed by atoms with Crippen LogP contribution in [0.2, 0.25) is 10.0 Å². The van der Waals surface area contributed by atoms with E-state index in [2.05, 4.69) is 35.0 Å². The highest BCUT2D eigenvalue weighted by molar-refractivity contribution is 6.31. The van der Waals surface area contributed by atoms with Gasteiger partial charge in [0.2, 0.25) is 5.95 Å². The van der Waals surface area contributed by atoms with E-state index in [1.165, 1.54) is 5.56 Å². The molecule has 3 nitrogen and oxygen atoms in total. The first-order valence-corrected chi connectivity index (χ1v) is 10.2. The number of nitrogens with zero attached hydrogens (tertiary/aromatic N) is 3. The number of benzene rings is 3. The lowest BCUT2D eigenvalue weighted by molar-refractivity contribution is 0.596. The number of aliphatic imine (C=N–C) groups is 1. The molecule has 0 amide bonds. The van der Waals surface area contributed by atoms with Crippen LogP contribution in [0.4, 0.5) is 5.95 Å². The van der Waals surface area contributed by atoms with Gasteiger partial charge in [-0.15, -0.1) is 0 Å². The van der Waals surface area contributed by atoms with Crippen LogP contribution in [0, 0.1) is 0 Å². The molecule has 5 heteroatoms. The molecule has 0 saturated heterocycles. The van der Waals surface area contributed by atoms with Crippen molar-refractivity contribution in [2.75, 3.05) is 0 Å². The highest BCUT2D eigenvalue weighted by Gasteiger charge is 2.26. The molecule has 2 heterocycles. The standard InChI is InChI=1S/C24H17Cl2N3/c25-19-10-6-17(7-11-19)21-14-23(18-8-12-20(26)13-9-18)29-15-22(28-24(29)27-21)16-4-2-1-3-5-16/h1-13,15,23H,14H2/t23-/m1/s1. The summed E-state index contributed by atoms with van der Waals surface area (Å²) in [5, 5.41) is 1.44. The van der Waals surface area contributed by atoms with E-state index in [1.807, 2.05) is 54.6 Å². The van der Waals surface area contributed by atoms with Crippen LogP contribution >= 0.6 is 23.2 Å². The Morgan fingerprint density at radius 1 is 0.759 bits per heavy atom. The van der Waals surface area contributed by atoms with E-state index < -0.39 is 0 Å². The van der Waals surface area contributed by atoms with E-state index >= 15 is 0 Å². The first-order valence-electron chi connectivity index (χ1n) is 9.40. The quantitative estimate of drug-likeness (QED) is 0.353. The third kappa shape index (κ3) is 3.59. The smallest absolute Gasteiger partial charge is 0.230 e. The van der Waals surface area contributed by atoms with Crippen LogP contribution in [-0.2, 0) is 0 Å². The van der Waals surface area contributed by atoms with Gasteiger partial charge in [-0.05, 0) is 35.4 Å². The lowest BCUT2D eigenvalue weighted by atomic mass is 9.96. The van der Waals surface area contributed by atoms with Gasteiger partial charge in [-0.25, -0.2) is 9.98 Å². The van der Waals surface area contributed by atoms with Crippen LogP contribution in [0.5, 0.6) is 0 Å². The number of hydrogen-bond acceptors (Lipinski definition) is 2. The normalized spacial score (nSPS) is 15.7. The van der Waals surface area contributed by atoms with Crippen LogP contribution < -0.4 is 0 Å². The van der Waals surface area contributed by atoms with Gasteiger partial charge in [0.05, 0.1) is 17.4 Å². The highest BCUT2D eigenvalue weighted by atomic mass is 35.5. The van der Waals surface area contributed by atoms with E-state index in [4.69, 9.17) is 33.2 Å². The van der Waals surface area contributed by atoms with Gasteiger partial charge < -0.3 is 4.57 Å². The average Bonchev–Trinajstić information content (AvgIpc) is 3.19. The molecule has 1 aliphatic rings. The summed E-state index contributed by atoms with van der Waals surface area (Å²) in [6, 6.07) is 26.1. The van der Waals surface area contributed by atoms with Crippen LogP contribution in [0.1, 0.15) is 23.6 Å². The Morgan fingerprint density at radius 3 is 2.10 bits per heavy atom. The minimum atomic E-state index is 0.0930. The summed E-state index contributed by atoms with van der Waals surface area (Å²) in [5.41, 5.74) is 5.23. The second-order valence-electron chi connectivity index (χ2n) is 7.04. The van der Waals surface area contributed by atoms with E-state index in [-0.39, 0.29) is 6.04 Å². The Morgan fingerprint density at radius 2 is 1.41 bits per heavy atom. The maximum Gasteiger partial charge on any atom is 0.230 e. The van der Waals surface area contributed by atoms with Gasteiger partial charge in [0.1, 0.15) is 0 Å². The first-order chi connectivity index (χ1) is 14.2. The molecular weight excluding hydrogens is 401 g/mol. The van der Waals surface area contributed by atoms with Crippen LogP contribution in [0.3, 0.4) is 0 Å². The van der Waals surface area contributed by atoms with Gasteiger partial charge in [0.25, 0.3) is 0 Å². The lowest BCUT2D eigenvalue weighted by Gasteiger charge is -2.25. The number of halogens is 2. The molecule has 1 atom stereocenters. The van der Waals surface area contributed by atoms with Crippen molar-refractivity contribution in [1.29, 1.82) is 0 Å². The van der Waals surface area contributed by atoms with Crippen molar-refractivity contribution in [3.63, 3.8) is 0 Å². The predicted molar refractivity (Wildman–Crippen MR) is 120 cm³/mol. The number of rotatable bonds is 3. The first kappa shape index (κ1) is 18.2. The Balaban J connectivity index is 1.63. The number of aromatic nitrogens is 2. The van der Waals surface area contributed by atoms with Crippen molar-refractivity contribution >= 4 is 34.9 Å². The summed E-state index contributed by atoms with van der Waals surface area (Å²) in [4.78, 5) is 9.72. The lowest BCUT2D eigenvalue weighted by Crippen LogP contribution is -2.19. The molecule has 3 aromatic carbocycles. The summed E-state index contributed by atoms with van der Waals surface area (Å²) in [6.45, 7) is 0. The van der Waals surface area contributed by atoms with E-state index in [1.54, 1.807) is 0 Å². The minimum absolute atomic E-state index is 0.0930. The Hall–Kier alpha value is -2.88. The maximum atomic E-state index is 6.12. The van der Waals surface area contributed by atoms with E-state index in [0.29, 0.717) is 11.0 Å². The molecule has 0 fully saturated rings. The summed E-state index contributed by atoms with van der Waals surface area (Å²) in [5.74, 6) is 0.708. The maximum absolute atomic E-state index is 6.12. The van der Waals surface area contributed by atoms with Gasteiger partial charge in [0.15, 0.2) is 0 Å². The van der Waals surface area contributed by atoms with Gasteiger partial charge in [0, 0.05) is 28.2 Å². The third-order valence-electron chi connectivity index (χ3n) is 5.17. The summed E-state index contributed by atoms with van der Waals surface area (Å²) in [6.07, 6.45) is 2.85.